The molecule has 0 aliphatic carbocycles. The minimum Gasteiger partial charge on any atom is -0.356 e. The van der Waals surface area contributed by atoms with Crippen LogP contribution in [0.4, 0.5) is 5.82 Å². The Balaban J connectivity index is 2.01. The van der Waals surface area contributed by atoms with Gasteiger partial charge in [-0.15, -0.1) is 0 Å². The van der Waals surface area contributed by atoms with Gasteiger partial charge in [-0.3, -0.25) is 0 Å². The van der Waals surface area contributed by atoms with Gasteiger partial charge in [-0.25, -0.2) is 4.98 Å². The topological polar surface area (TPSA) is 42.1 Å². The van der Waals surface area contributed by atoms with Crippen LogP contribution in [0.1, 0.15) is 18.9 Å². The first kappa shape index (κ1) is 12.7. The summed E-state index contributed by atoms with van der Waals surface area (Å²) in [6.45, 7) is 2.02. The number of pyridine rings is 1. The third kappa shape index (κ3) is 3.36. The summed E-state index contributed by atoms with van der Waals surface area (Å²) in [5.41, 5.74) is 7.00. The molecule has 1 aliphatic rings. The Morgan fingerprint density at radius 2 is 2.41 bits per heavy atom. The number of nitrogens with two attached hydrogens (primary N) is 1. The fraction of sp³-hybridized carbons (Fsp3) is 0.615. The minimum absolute atomic E-state index is 0.201. The summed E-state index contributed by atoms with van der Waals surface area (Å²) >= 11 is 2.03. The molecule has 94 valence electrons. The molecule has 0 amide bonds. The lowest BCUT2D eigenvalue weighted by molar-refractivity contribution is 0.689. The molecule has 2 rings (SSSR count). The van der Waals surface area contributed by atoms with Crippen LogP contribution < -0.4 is 10.6 Å². The van der Waals surface area contributed by atoms with E-state index < -0.39 is 0 Å². The zero-order valence-corrected chi connectivity index (χ0v) is 11.4. The van der Waals surface area contributed by atoms with Gasteiger partial charge in [0.05, 0.1) is 0 Å². The Labute approximate surface area is 108 Å². The SMILES string of the molecule is CC(N)Cc1ccc(N(C)C2CCSC2)nc1. The molecule has 0 bridgehead atoms. The molecule has 2 unspecified atom stereocenters. The molecule has 0 aromatic carbocycles. The molecule has 1 saturated heterocycles. The van der Waals surface area contributed by atoms with Crippen LogP contribution in [-0.2, 0) is 6.42 Å². The maximum atomic E-state index is 5.78. The summed E-state index contributed by atoms with van der Waals surface area (Å²) < 4.78 is 0. The molecule has 2 heterocycles. The fourth-order valence-electron chi connectivity index (χ4n) is 2.13. The standard InChI is InChI=1S/C13H21N3S/c1-10(14)7-11-3-4-13(15-8-11)16(2)12-5-6-17-9-12/h3-4,8,10,12H,5-7,9,14H2,1-2H3. The van der Waals surface area contributed by atoms with Crippen molar-refractivity contribution >= 4 is 17.6 Å². The average Bonchev–Trinajstić information content (AvgIpc) is 2.82. The van der Waals surface area contributed by atoms with Gasteiger partial charge in [0.15, 0.2) is 0 Å². The quantitative estimate of drug-likeness (QED) is 0.887. The number of rotatable bonds is 4. The number of hydrogen-bond acceptors (Lipinski definition) is 4. The zero-order valence-electron chi connectivity index (χ0n) is 10.6. The van der Waals surface area contributed by atoms with E-state index in [1.54, 1.807) is 0 Å². The summed E-state index contributed by atoms with van der Waals surface area (Å²) in [4.78, 5) is 6.84. The number of anilines is 1. The molecule has 4 heteroatoms. The third-order valence-corrected chi connectivity index (χ3v) is 4.33. The van der Waals surface area contributed by atoms with Gasteiger partial charge in [0.25, 0.3) is 0 Å². The second-order valence-corrected chi connectivity index (χ2v) is 5.98. The van der Waals surface area contributed by atoms with E-state index >= 15 is 0 Å². The first-order valence-corrected chi connectivity index (χ1v) is 7.33. The van der Waals surface area contributed by atoms with Gasteiger partial charge in [0, 0.05) is 31.1 Å². The molecule has 0 radical (unpaired) electrons. The average molecular weight is 251 g/mol. The van der Waals surface area contributed by atoms with Crippen LogP contribution in [0.5, 0.6) is 0 Å². The highest BCUT2D eigenvalue weighted by Gasteiger charge is 2.20. The first-order valence-electron chi connectivity index (χ1n) is 6.18. The Bertz CT molecular complexity index is 344. The van der Waals surface area contributed by atoms with Crippen molar-refractivity contribution in [2.24, 2.45) is 5.73 Å². The van der Waals surface area contributed by atoms with Crippen LogP contribution in [0.25, 0.3) is 0 Å². The molecular weight excluding hydrogens is 230 g/mol. The molecule has 1 aromatic rings. The smallest absolute Gasteiger partial charge is 0.128 e. The second-order valence-electron chi connectivity index (χ2n) is 4.83. The molecule has 2 N–H and O–H groups in total. The third-order valence-electron chi connectivity index (χ3n) is 3.18. The maximum Gasteiger partial charge on any atom is 0.128 e. The molecule has 1 aliphatic heterocycles. The molecule has 17 heavy (non-hydrogen) atoms. The van der Waals surface area contributed by atoms with E-state index in [0.717, 1.165) is 12.2 Å². The van der Waals surface area contributed by atoms with Gasteiger partial charge in [0.1, 0.15) is 5.82 Å². The number of thioether (sulfide) groups is 1. The van der Waals surface area contributed by atoms with Crippen molar-refractivity contribution in [3.8, 4) is 0 Å². The highest BCUT2D eigenvalue weighted by Crippen LogP contribution is 2.24. The molecule has 0 saturated carbocycles. The molecule has 3 nitrogen and oxygen atoms in total. The van der Waals surface area contributed by atoms with E-state index in [1.807, 2.05) is 24.9 Å². The highest BCUT2D eigenvalue weighted by molar-refractivity contribution is 7.99. The maximum absolute atomic E-state index is 5.78. The van der Waals surface area contributed by atoms with Crippen molar-refractivity contribution in [1.82, 2.24) is 4.98 Å². The summed E-state index contributed by atoms with van der Waals surface area (Å²) in [6.07, 6.45) is 4.12. The van der Waals surface area contributed by atoms with Crippen LogP contribution in [0, 0.1) is 0 Å². The fourth-order valence-corrected chi connectivity index (χ4v) is 3.40. The van der Waals surface area contributed by atoms with Gasteiger partial charge in [-0.05, 0) is 37.1 Å². The summed E-state index contributed by atoms with van der Waals surface area (Å²) in [6, 6.07) is 5.10. The van der Waals surface area contributed by atoms with Crippen LogP contribution in [0.2, 0.25) is 0 Å². The Morgan fingerprint density at radius 1 is 1.59 bits per heavy atom. The number of nitrogens with zero attached hydrogens (tertiary/aromatic N) is 2. The highest BCUT2D eigenvalue weighted by atomic mass is 32.2. The predicted octanol–water partition coefficient (Wildman–Crippen LogP) is 1.91. The predicted molar refractivity (Wildman–Crippen MR) is 75.7 cm³/mol. The van der Waals surface area contributed by atoms with Crippen LogP contribution in [0.3, 0.4) is 0 Å². The Kier molecular flexibility index (Phi) is 4.29. The van der Waals surface area contributed by atoms with E-state index in [0.29, 0.717) is 6.04 Å². The van der Waals surface area contributed by atoms with Crippen LogP contribution in [0.15, 0.2) is 18.3 Å². The van der Waals surface area contributed by atoms with Gasteiger partial charge in [0.2, 0.25) is 0 Å². The summed E-state index contributed by atoms with van der Waals surface area (Å²) in [7, 11) is 2.14. The minimum atomic E-state index is 0.201. The van der Waals surface area contributed by atoms with E-state index in [1.165, 1.54) is 23.5 Å². The van der Waals surface area contributed by atoms with Gasteiger partial charge >= 0.3 is 0 Å². The molecule has 1 fully saturated rings. The van der Waals surface area contributed by atoms with E-state index in [-0.39, 0.29) is 6.04 Å². The largest absolute Gasteiger partial charge is 0.356 e. The van der Waals surface area contributed by atoms with Gasteiger partial charge in [-0.2, -0.15) is 11.8 Å². The van der Waals surface area contributed by atoms with Crippen molar-refractivity contribution in [2.45, 2.75) is 31.8 Å². The van der Waals surface area contributed by atoms with Gasteiger partial charge in [-0.1, -0.05) is 6.07 Å². The summed E-state index contributed by atoms with van der Waals surface area (Å²) in [5.74, 6) is 3.57. The van der Waals surface area contributed by atoms with Crippen molar-refractivity contribution < 1.29 is 0 Å². The van der Waals surface area contributed by atoms with E-state index in [2.05, 4.69) is 29.1 Å². The molecule has 1 aromatic heterocycles. The lowest BCUT2D eigenvalue weighted by Gasteiger charge is -2.24. The van der Waals surface area contributed by atoms with Crippen molar-refractivity contribution in [3.05, 3.63) is 23.9 Å². The lowest BCUT2D eigenvalue weighted by Crippen LogP contribution is -2.31. The van der Waals surface area contributed by atoms with Gasteiger partial charge < -0.3 is 10.6 Å². The number of hydrogen-bond donors (Lipinski definition) is 1. The lowest BCUT2D eigenvalue weighted by atomic mass is 10.1. The van der Waals surface area contributed by atoms with Crippen molar-refractivity contribution in [2.75, 3.05) is 23.5 Å². The van der Waals surface area contributed by atoms with Crippen molar-refractivity contribution in [3.63, 3.8) is 0 Å². The molecule has 2 atom stereocenters. The van der Waals surface area contributed by atoms with Crippen molar-refractivity contribution in [1.29, 1.82) is 0 Å². The molecular formula is C13H21N3S. The van der Waals surface area contributed by atoms with Crippen LogP contribution in [-0.4, -0.2) is 35.6 Å². The van der Waals surface area contributed by atoms with E-state index in [9.17, 15) is 0 Å². The Morgan fingerprint density at radius 3 is 2.94 bits per heavy atom. The van der Waals surface area contributed by atoms with E-state index in [4.69, 9.17) is 5.73 Å². The van der Waals surface area contributed by atoms with Crippen LogP contribution >= 0.6 is 11.8 Å². The molecule has 0 spiro atoms. The zero-order chi connectivity index (χ0) is 12.3. The normalized spacial score (nSPS) is 21.5. The first-order chi connectivity index (χ1) is 8.16. The monoisotopic (exact) mass is 251 g/mol. The second kappa shape index (κ2) is 5.74. The Hall–Kier alpha value is -0.740. The number of aromatic nitrogens is 1. The summed E-state index contributed by atoms with van der Waals surface area (Å²) in [5, 5.41) is 0.